The molecule has 1 aliphatic carbocycles. The van der Waals surface area contributed by atoms with Gasteiger partial charge in [0.25, 0.3) is 0 Å². The minimum absolute atomic E-state index is 0.489. The first-order valence-electron chi connectivity index (χ1n) is 8.28. The molecule has 2 nitrogen and oxygen atoms in total. The molecule has 0 amide bonds. The number of nitrogens with one attached hydrogen (secondary N) is 1. The first-order chi connectivity index (χ1) is 9.88. The van der Waals surface area contributed by atoms with E-state index >= 15 is 0 Å². The lowest BCUT2D eigenvalue weighted by atomic mass is 10.1. The van der Waals surface area contributed by atoms with Crippen molar-refractivity contribution in [3.8, 4) is 0 Å². The van der Waals surface area contributed by atoms with Crippen molar-refractivity contribution >= 4 is 0 Å². The van der Waals surface area contributed by atoms with Crippen LogP contribution in [0.4, 0.5) is 0 Å². The highest BCUT2D eigenvalue weighted by molar-refractivity contribution is 5.21. The van der Waals surface area contributed by atoms with Crippen LogP contribution in [0.15, 0.2) is 24.3 Å². The minimum atomic E-state index is 0.489. The van der Waals surface area contributed by atoms with Crippen molar-refractivity contribution in [3.63, 3.8) is 0 Å². The van der Waals surface area contributed by atoms with E-state index in [1.807, 2.05) is 0 Å². The predicted molar refractivity (Wildman–Crippen MR) is 84.7 cm³/mol. The Bertz CT molecular complexity index is 352. The standard InChI is InChI=1S/C18H29NO/c1-2-13-19-14-16-9-11-17(12-10-16)15-20-18-7-5-3-4-6-8-18/h9-12,18-19H,2-8,13-15H2,1H3. The minimum Gasteiger partial charge on any atom is -0.374 e. The zero-order valence-corrected chi connectivity index (χ0v) is 12.9. The molecule has 20 heavy (non-hydrogen) atoms. The van der Waals surface area contributed by atoms with Gasteiger partial charge < -0.3 is 10.1 Å². The number of rotatable bonds is 7. The lowest BCUT2D eigenvalue weighted by Gasteiger charge is -2.15. The summed E-state index contributed by atoms with van der Waals surface area (Å²) in [5, 5.41) is 3.43. The molecule has 0 atom stereocenters. The lowest BCUT2D eigenvalue weighted by molar-refractivity contribution is 0.0310. The Kier molecular flexibility index (Phi) is 7.10. The Morgan fingerprint density at radius 2 is 1.65 bits per heavy atom. The Morgan fingerprint density at radius 3 is 2.30 bits per heavy atom. The van der Waals surface area contributed by atoms with Gasteiger partial charge in [0, 0.05) is 6.54 Å². The third kappa shape index (κ3) is 5.64. The summed E-state index contributed by atoms with van der Waals surface area (Å²) in [5.41, 5.74) is 2.66. The van der Waals surface area contributed by atoms with Crippen LogP contribution in [-0.4, -0.2) is 12.6 Å². The molecule has 1 aromatic carbocycles. The fourth-order valence-electron chi connectivity index (χ4n) is 2.79. The van der Waals surface area contributed by atoms with Gasteiger partial charge in [-0.05, 0) is 36.9 Å². The van der Waals surface area contributed by atoms with Gasteiger partial charge in [0.05, 0.1) is 12.7 Å². The molecule has 112 valence electrons. The van der Waals surface area contributed by atoms with Gasteiger partial charge in [0.2, 0.25) is 0 Å². The van der Waals surface area contributed by atoms with Gasteiger partial charge >= 0.3 is 0 Å². The normalized spacial score (nSPS) is 17.1. The SMILES string of the molecule is CCCNCc1ccc(COC2CCCCCC2)cc1. The van der Waals surface area contributed by atoms with Gasteiger partial charge in [-0.25, -0.2) is 0 Å². The summed E-state index contributed by atoms with van der Waals surface area (Å²) in [7, 11) is 0. The summed E-state index contributed by atoms with van der Waals surface area (Å²) >= 11 is 0. The Labute approximate surface area is 123 Å². The van der Waals surface area contributed by atoms with Crippen LogP contribution >= 0.6 is 0 Å². The van der Waals surface area contributed by atoms with Crippen molar-refractivity contribution in [1.82, 2.24) is 5.32 Å². The predicted octanol–water partition coefficient (Wildman–Crippen LogP) is 4.43. The summed E-state index contributed by atoms with van der Waals surface area (Å²) in [4.78, 5) is 0. The van der Waals surface area contributed by atoms with Crippen LogP contribution in [0.3, 0.4) is 0 Å². The molecule has 1 N–H and O–H groups in total. The smallest absolute Gasteiger partial charge is 0.0720 e. The Morgan fingerprint density at radius 1 is 1.00 bits per heavy atom. The van der Waals surface area contributed by atoms with Crippen LogP contribution < -0.4 is 5.32 Å². The number of hydrogen-bond donors (Lipinski definition) is 1. The van der Waals surface area contributed by atoms with E-state index in [1.165, 1.54) is 56.1 Å². The van der Waals surface area contributed by atoms with Gasteiger partial charge in [0.1, 0.15) is 0 Å². The van der Waals surface area contributed by atoms with E-state index < -0.39 is 0 Å². The second-order valence-corrected chi connectivity index (χ2v) is 5.92. The summed E-state index contributed by atoms with van der Waals surface area (Å²) < 4.78 is 6.07. The van der Waals surface area contributed by atoms with Gasteiger partial charge in [-0.15, -0.1) is 0 Å². The van der Waals surface area contributed by atoms with Crippen molar-refractivity contribution in [2.24, 2.45) is 0 Å². The van der Waals surface area contributed by atoms with Crippen molar-refractivity contribution in [1.29, 1.82) is 0 Å². The fraction of sp³-hybridized carbons (Fsp3) is 0.667. The second kappa shape index (κ2) is 9.15. The van der Waals surface area contributed by atoms with Crippen molar-refractivity contribution in [3.05, 3.63) is 35.4 Å². The van der Waals surface area contributed by atoms with Crippen LogP contribution in [0.25, 0.3) is 0 Å². The van der Waals surface area contributed by atoms with E-state index in [9.17, 15) is 0 Å². The number of ether oxygens (including phenoxy) is 1. The summed E-state index contributed by atoms with van der Waals surface area (Å²) in [6.07, 6.45) is 9.63. The molecule has 0 unspecified atom stereocenters. The Balaban J connectivity index is 1.72. The molecule has 0 saturated heterocycles. The molecular formula is C18H29NO. The van der Waals surface area contributed by atoms with Crippen LogP contribution in [-0.2, 0) is 17.9 Å². The van der Waals surface area contributed by atoms with Crippen molar-refractivity contribution in [2.75, 3.05) is 6.54 Å². The maximum absolute atomic E-state index is 6.07. The van der Waals surface area contributed by atoms with Crippen LogP contribution in [0.2, 0.25) is 0 Å². The Hall–Kier alpha value is -0.860. The molecule has 1 fully saturated rings. The molecule has 0 bridgehead atoms. The highest BCUT2D eigenvalue weighted by Gasteiger charge is 2.12. The van der Waals surface area contributed by atoms with E-state index in [0.29, 0.717) is 6.10 Å². The van der Waals surface area contributed by atoms with Crippen molar-refractivity contribution in [2.45, 2.75) is 71.1 Å². The largest absolute Gasteiger partial charge is 0.374 e. The zero-order valence-electron chi connectivity index (χ0n) is 12.9. The molecule has 1 saturated carbocycles. The van der Waals surface area contributed by atoms with Crippen LogP contribution in [0.1, 0.15) is 63.0 Å². The molecule has 0 radical (unpaired) electrons. The van der Waals surface area contributed by atoms with Crippen LogP contribution in [0, 0.1) is 0 Å². The highest BCUT2D eigenvalue weighted by atomic mass is 16.5. The fourth-order valence-corrected chi connectivity index (χ4v) is 2.79. The molecule has 1 aliphatic rings. The van der Waals surface area contributed by atoms with E-state index in [2.05, 4.69) is 36.5 Å². The summed E-state index contributed by atoms with van der Waals surface area (Å²) in [6.45, 7) is 5.03. The zero-order chi connectivity index (χ0) is 14.0. The molecule has 0 aromatic heterocycles. The van der Waals surface area contributed by atoms with Crippen molar-refractivity contribution < 1.29 is 4.74 Å². The monoisotopic (exact) mass is 275 g/mol. The average molecular weight is 275 g/mol. The third-order valence-corrected chi connectivity index (χ3v) is 4.07. The van der Waals surface area contributed by atoms with Gasteiger partial charge in [-0.3, -0.25) is 0 Å². The molecule has 0 spiro atoms. The first kappa shape index (κ1) is 15.5. The first-order valence-corrected chi connectivity index (χ1v) is 8.28. The molecule has 2 heteroatoms. The quantitative estimate of drug-likeness (QED) is 0.587. The van der Waals surface area contributed by atoms with Gasteiger partial charge in [-0.1, -0.05) is 56.9 Å². The average Bonchev–Trinajstić information content (AvgIpc) is 2.75. The van der Waals surface area contributed by atoms with Gasteiger partial charge in [-0.2, -0.15) is 0 Å². The van der Waals surface area contributed by atoms with E-state index in [0.717, 1.165) is 19.7 Å². The third-order valence-electron chi connectivity index (χ3n) is 4.07. The highest BCUT2D eigenvalue weighted by Crippen LogP contribution is 2.21. The maximum Gasteiger partial charge on any atom is 0.0720 e. The lowest BCUT2D eigenvalue weighted by Crippen LogP contribution is -2.14. The van der Waals surface area contributed by atoms with E-state index in [4.69, 9.17) is 4.74 Å². The topological polar surface area (TPSA) is 21.3 Å². The second-order valence-electron chi connectivity index (χ2n) is 5.92. The summed E-state index contributed by atoms with van der Waals surface area (Å²) in [6, 6.07) is 8.85. The molecule has 1 aromatic rings. The van der Waals surface area contributed by atoms with Crippen LogP contribution in [0.5, 0.6) is 0 Å². The van der Waals surface area contributed by atoms with E-state index in [-0.39, 0.29) is 0 Å². The maximum atomic E-state index is 6.07. The molecule has 2 rings (SSSR count). The number of benzene rings is 1. The van der Waals surface area contributed by atoms with Gasteiger partial charge in [0.15, 0.2) is 0 Å². The van der Waals surface area contributed by atoms with E-state index in [1.54, 1.807) is 0 Å². The molecule has 0 aliphatic heterocycles. The number of hydrogen-bond acceptors (Lipinski definition) is 2. The molecule has 0 heterocycles. The molecular weight excluding hydrogens is 246 g/mol. The summed E-state index contributed by atoms with van der Waals surface area (Å²) in [5.74, 6) is 0.